The highest BCUT2D eigenvalue weighted by Crippen LogP contribution is 2.27. The van der Waals surface area contributed by atoms with E-state index in [0.29, 0.717) is 4.68 Å². The number of nitrogens with one attached hydrogen (secondary N) is 1. The van der Waals surface area contributed by atoms with Crippen molar-refractivity contribution in [2.45, 2.75) is 30.1 Å². The molecule has 1 rings (SSSR count). The minimum atomic E-state index is -2.31. The number of hydrogen-bond acceptors (Lipinski definition) is 3. The maximum atomic E-state index is 11.8. The second-order valence-electron chi connectivity index (χ2n) is 4.34. The van der Waals surface area contributed by atoms with Gasteiger partial charge in [0.2, 0.25) is 0 Å². The predicted molar refractivity (Wildman–Crippen MR) is 65.2 cm³/mol. The van der Waals surface area contributed by atoms with Crippen molar-refractivity contribution in [3.05, 3.63) is 21.0 Å². The second kappa shape index (κ2) is 4.19. The van der Waals surface area contributed by atoms with Crippen LogP contribution in [-0.4, -0.2) is 24.0 Å². The van der Waals surface area contributed by atoms with E-state index in [1.807, 2.05) is 5.10 Å². The fourth-order valence-corrected chi connectivity index (χ4v) is 1.49. The first-order valence-electron chi connectivity index (χ1n) is 4.52. The average Bonchev–Trinajstić information content (AvgIpc) is 2.37. The Morgan fingerprint density at radius 3 is 1.94 bits per heavy atom. The lowest BCUT2D eigenvalue weighted by Gasteiger charge is -2.17. The number of aromatic nitrogens is 3. The van der Waals surface area contributed by atoms with Gasteiger partial charge in [0, 0.05) is 5.54 Å². The van der Waals surface area contributed by atoms with Crippen LogP contribution in [0.1, 0.15) is 25.6 Å². The molecule has 1 heterocycles. The molecule has 0 atom stereocenters. The molecule has 0 fully saturated rings. The summed E-state index contributed by atoms with van der Waals surface area (Å²) in [6, 6.07) is 0. The van der Waals surface area contributed by atoms with E-state index in [-0.39, 0.29) is 0 Å². The molecule has 0 amide bonds. The molecule has 0 unspecified atom stereocenters. The summed E-state index contributed by atoms with van der Waals surface area (Å²) in [5.41, 5.74) is -2.41. The fraction of sp³-hybridized carbons (Fsp3) is 0.625. The molecule has 0 aliphatic carbocycles. The molecule has 0 saturated heterocycles. The maximum absolute atomic E-state index is 11.8. The van der Waals surface area contributed by atoms with Crippen LogP contribution in [0.25, 0.3) is 0 Å². The van der Waals surface area contributed by atoms with E-state index in [0.717, 1.165) is 4.57 Å². The van der Waals surface area contributed by atoms with Crippen LogP contribution in [0.2, 0.25) is 0 Å². The maximum Gasteiger partial charge on any atom is 0.354 e. The van der Waals surface area contributed by atoms with Crippen LogP contribution in [0.15, 0.2) is 9.59 Å². The largest absolute Gasteiger partial charge is 0.354 e. The highest BCUT2D eigenvalue weighted by molar-refractivity contribution is 6.76. The van der Waals surface area contributed by atoms with Gasteiger partial charge < -0.3 is 0 Å². The van der Waals surface area contributed by atoms with Crippen LogP contribution in [-0.2, 0) is 5.54 Å². The van der Waals surface area contributed by atoms with Crippen LogP contribution < -0.4 is 11.4 Å². The lowest BCUT2D eigenvalue weighted by Crippen LogP contribution is -2.42. The minimum absolute atomic E-state index is 0.389. The van der Waals surface area contributed by atoms with Crippen LogP contribution >= 0.6 is 34.8 Å². The number of H-pyrrole nitrogens is 1. The molecule has 9 heteroatoms. The van der Waals surface area contributed by atoms with Crippen molar-refractivity contribution >= 4 is 40.7 Å². The molecule has 17 heavy (non-hydrogen) atoms. The summed E-state index contributed by atoms with van der Waals surface area (Å²) in [4.78, 5) is 34.9. The minimum Gasteiger partial charge on any atom is -0.267 e. The lowest BCUT2D eigenvalue weighted by molar-refractivity contribution is 0.0896. The van der Waals surface area contributed by atoms with E-state index in [1.54, 1.807) is 20.8 Å². The molecule has 0 aromatic carbocycles. The fourth-order valence-electron chi connectivity index (χ4n) is 1.24. The van der Waals surface area contributed by atoms with E-state index >= 15 is 0 Å². The standard InChI is InChI=1S/C8H10Cl3N3O3/c1-7(2,3)13-5(16)12-14(6(13)17)4(15)8(9,10)11/h1-3H3,(H,12,16). The van der Waals surface area contributed by atoms with Gasteiger partial charge in [0.25, 0.3) is 3.79 Å². The van der Waals surface area contributed by atoms with Crippen molar-refractivity contribution in [2.24, 2.45) is 0 Å². The van der Waals surface area contributed by atoms with Gasteiger partial charge in [-0.3, -0.25) is 4.79 Å². The van der Waals surface area contributed by atoms with Gasteiger partial charge >= 0.3 is 17.3 Å². The third-order valence-corrected chi connectivity index (χ3v) is 2.39. The number of aromatic amines is 1. The van der Waals surface area contributed by atoms with Gasteiger partial charge in [0.1, 0.15) is 0 Å². The zero-order valence-electron chi connectivity index (χ0n) is 9.25. The number of rotatable bonds is 0. The van der Waals surface area contributed by atoms with Crippen molar-refractivity contribution in [3.8, 4) is 0 Å². The lowest BCUT2D eigenvalue weighted by atomic mass is 10.1. The van der Waals surface area contributed by atoms with Crippen molar-refractivity contribution in [2.75, 3.05) is 0 Å². The summed E-state index contributed by atoms with van der Waals surface area (Å²) in [6.07, 6.45) is 0. The third-order valence-electron chi connectivity index (χ3n) is 1.91. The second-order valence-corrected chi connectivity index (χ2v) is 6.63. The van der Waals surface area contributed by atoms with Crippen LogP contribution in [0.4, 0.5) is 0 Å². The Morgan fingerprint density at radius 2 is 1.65 bits per heavy atom. The topological polar surface area (TPSA) is 76.9 Å². The van der Waals surface area contributed by atoms with E-state index in [9.17, 15) is 14.4 Å². The highest BCUT2D eigenvalue weighted by Gasteiger charge is 2.35. The predicted octanol–water partition coefficient (Wildman–Crippen LogP) is 1.10. The van der Waals surface area contributed by atoms with Crippen molar-refractivity contribution in [1.82, 2.24) is 14.3 Å². The third kappa shape index (κ3) is 2.75. The number of carbonyl (C=O) groups excluding carboxylic acids is 1. The Morgan fingerprint density at radius 1 is 1.18 bits per heavy atom. The Hall–Kier alpha value is -0.720. The van der Waals surface area contributed by atoms with Gasteiger partial charge in [-0.25, -0.2) is 19.3 Å². The van der Waals surface area contributed by atoms with Crippen LogP contribution in [0.3, 0.4) is 0 Å². The first-order chi connectivity index (χ1) is 7.46. The monoisotopic (exact) mass is 301 g/mol. The molecule has 96 valence electrons. The average molecular weight is 303 g/mol. The van der Waals surface area contributed by atoms with E-state index in [4.69, 9.17) is 34.8 Å². The molecule has 0 aliphatic heterocycles. The first kappa shape index (κ1) is 14.3. The highest BCUT2D eigenvalue weighted by atomic mass is 35.6. The summed E-state index contributed by atoms with van der Waals surface area (Å²) >= 11 is 16.1. The Bertz CT molecular complexity index is 556. The van der Waals surface area contributed by atoms with Gasteiger partial charge in [-0.2, -0.15) is 4.68 Å². The van der Waals surface area contributed by atoms with Crippen molar-refractivity contribution < 1.29 is 4.79 Å². The zero-order valence-corrected chi connectivity index (χ0v) is 11.5. The smallest absolute Gasteiger partial charge is 0.267 e. The summed E-state index contributed by atoms with van der Waals surface area (Å²) in [5, 5.41) is 2.03. The molecule has 1 N–H and O–H groups in total. The van der Waals surface area contributed by atoms with E-state index < -0.39 is 26.6 Å². The normalized spacial score (nSPS) is 12.8. The van der Waals surface area contributed by atoms with Crippen molar-refractivity contribution in [3.63, 3.8) is 0 Å². The molecule has 1 aromatic rings. The SMILES string of the molecule is CC(C)(C)n1c(=O)[nH]n(C(=O)C(Cl)(Cl)Cl)c1=O. The molecule has 0 bridgehead atoms. The zero-order chi connectivity index (χ0) is 13.6. The van der Waals surface area contributed by atoms with Crippen LogP contribution in [0, 0.1) is 0 Å². The first-order valence-corrected chi connectivity index (χ1v) is 5.65. The number of hydrogen-bond donors (Lipinski definition) is 1. The number of halogens is 3. The van der Waals surface area contributed by atoms with E-state index in [2.05, 4.69) is 0 Å². The van der Waals surface area contributed by atoms with Crippen LogP contribution in [0.5, 0.6) is 0 Å². The number of carbonyl (C=O) groups is 1. The molecular formula is C8H10Cl3N3O3. The summed E-state index contributed by atoms with van der Waals surface area (Å²) in [7, 11) is 0. The number of nitrogens with zero attached hydrogens (tertiary/aromatic N) is 2. The Balaban J connectivity index is 3.49. The summed E-state index contributed by atoms with van der Waals surface area (Å²) in [5.74, 6) is -1.13. The molecule has 6 nitrogen and oxygen atoms in total. The molecule has 0 radical (unpaired) electrons. The molecule has 0 spiro atoms. The Labute approximate surface area is 111 Å². The van der Waals surface area contributed by atoms with Gasteiger partial charge in [-0.05, 0) is 20.8 Å². The Kier molecular flexibility index (Phi) is 3.53. The van der Waals surface area contributed by atoms with Crippen molar-refractivity contribution in [1.29, 1.82) is 0 Å². The van der Waals surface area contributed by atoms with E-state index in [1.165, 1.54) is 0 Å². The van der Waals surface area contributed by atoms with Gasteiger partial charge in [-0.1, -0.05) is 34.8 Å². The molecule has 0 aliphatic rings. The van der Waals surface area contributed by atoms with Gasteiger partial charge in [0.05, 0.1) is 0 Å². The van der Waals surface area contributed by atoms with Gasteiger partial charge in [0.15, 0.2) is 0 Å². The van der Waals surface area contributed by atoms with Gasteiger partial charge in [-0.15, -0.1) is 0 Å². The number of alkyl halides is 3. The molecular weight excluding hydrogens is 292 g/mol. The molecule has 0 saturated carbocycles. The molecule has 1 aromatic heterocycles. The quantitative estimate of drug-likeness (QED) is 0.729. The summed E-state index contributed by atoms with van der Waals surface area (Å²) < 4.78 is -1.06. The summed E-state index contributed by atoms with van der Waals surface area (Å²) in [6.45, 7) is 4.90.